The minimum Gasteiger partial charge on any atom is -0.444 e. The molecular weight excluding hydrogens is 420 g/mol. The topological polar surface area (TPSA) is 38.3 Å². The summed E-state index contributed by atoms with van der Waals surface area (Å²) in [6.07, 6.45) is 0.351. The van der Waals surface area contributed by atoms with Gasteiger partial charge in [0.15, 0.2) is 7.14 Å². The summed E-state index contributed by atoms with van der Waals surface area (Å²) < 4.78 is 20.7. The predicted molar refractivity (Wildman–Crippen MR) is 88.2 cm³/mol. The van der Waals surface area contributed by atoms with Crippen LogP contribution in [0.4, 0.5) is 9.18 Å². The molecule has 0 aliphatic heterocycles. The SMILES string of the molecule is CC(C)(C)OC(=O)NCCc1ccccc1[I+]c1ccc(F)cc1. The highest BCUT2D eigenvalue weighted by Crippen LogP contribution is 2.06. The summed E-state index contributed by atoms with van der Waals surface area (Å²) in [4.78, 5) is 11.7. The molecule has 0 aromatic heterocycles. The summed E-state index contributed by atoms with van der Waals surface area (Å²) in [5.74, 6) is -0.211. The van der Waals surface area contributed by atoms with Gasteiger partial charge in [-0.3, -0.25) is 0 Å². The van der Waals surface area contributed by atoms with Crippen LogP contribution >= 0.6 is 0 Å². The van der Waals surface area contributed by atoms with E-state index in [0.717, 1.165) is 6.42 Å². The van der Waals surface area contributed by atoms with Crippen LogP contribution in [-0.4, -0.2) is 18.2 Å². The summed E-state index contributed by atoms with van der Waals surface area (Å²) >= 11 is -0.373. The van der Waals surface area contributed by atoms with Crippen molar-refractivity contribution in [2.24, 2.45) is 0 Å². The highest BCUT2D eigenvalue weighted by Gasteiger charge is 2.20. The fraction of sp³-hybridized carbons (Fsp3) is 0.316. The number of nitrogens with one attached hydrogen (secondary N) is 1. The molecule has 0 spiro atoms. The van der Waals surface area contributed by atoms with Gasteiger partial charge in [-0.15, -0.1) is 0 Å². The Bertz CT molecular complexity index is 681. The Labute approximate surface area is 152 Å². The maximum atomic E-state index is 13.0. The average molecular weight is 442 g/mol. The maximum Gasteiger partial charge on any atom is 0.407 e. The lowest BCUT2D eigenvalue weighted by molar-refractivity contribution is -0.598. The van der Waals surface area contributed by atoms with Crippen molar-refractivity contribution in [2.45, 2.75) is 32.8 Å². The van der Waals surface area contributed by atoms with Crippen LogP contribution in [0.5, 0.6) is 0 Å². The van der Waals surface area contributed by atoms with Gasteiger partial charge < -0.3 is 10.1 Å². The van der Waals surface area contributed by atoms with Crippen LogP contribution in [0.25, 0.3) is 0 Å². The molecule has 0 saturated carbocycles. The second-order valence-corrected chi connectivity index (χ2v) is 9.25. The molecule has 2 aromatic carbocycles. The van der Waals surface area contributed by atoms with Crippen molar-refractivity contribution >= 4 is 6.09 Å². The van der Waals surface area contributed by atoms with Crippen molar-refractivity contribution in [1.29, 1.82) is 0 Å². The summed E-state index contributed by atoms with van der Waals surface area (Å²) in [6, 6.07) is 14.9. The van der Waals surface area contributed by atoms with Crippen molar-refractivity contribution in [3.05, 3.63) is 67.1 Å². The summed E-state index contributed by atoms with van der Waals surface area (Å²) in [5.41, 5.74) is 0.724. The normalized spacial score (nSPS) is 11.2. The van der Waals surface area contributed by atoms with Crippen molar-refractivity contribution in [1.82, 2.24) is 5.32 Å². The Morgan fingerprint density at radius 2 is 1.79 bits per heavy atom. The molecule has 0 heterocycles. The lowest BCUT2D eigenvalue weighted by atomic mass is 10.1. The molecule has 0 bridgehead atoms. The molecule has 3 nitrogen and oxygen atoms in total. The van der Waals surface area contributed by atoms with Crippen LogP contribution in [0.1, 0.15) is 26.3 Å². The third-order valence-electron chi connectivity index (χ3n) is 3.03. The van der Waals surface area contributed by atoms with Gasteiger partial charge in [0.1, 0.15) is 11.4 Å². The van der Waals surface area contributed by atoms with E-state index in [2.05, 4.69) is 17.4 Å². The van der Waals surface area contributed by atoms with Gasteiger partial charge in [0, 0.05) is 12.1 Å². The average Bonchev–Trinajstić information content (AvgIpc) is 2.49. The number of amides is 1. The van der Waals surface area contributed by atoms with Crippen LogP contribution in [0, 0.1) is 13.0 Å². The Balaban J connectivity index is 1.94. The Hall–Kier alpha value is -1.63. The smallest absolute Gasteiger partial charge is 0.407 e. The number of benzene rings is 2. The van der Waals surface area contributed by atoms with Crippen LogP contribution in [0.15, 0.2) is 48.5 Å². The lowest BCUT2D eigenvalue weighted by Crippen LogP contribution is -3.61. The molecular formula is C19H22FINO2+. The standard InChI is InChI=1S/C19H21FINO2/c1-19(2,3)24-18(23)22-13-12-14-6-4-5-7-17(14)21-16-10-8-15(20)9-11-16/h4-11H,12-13H2,1-3H3/p+1. The second kappa shape index (κ2) is 8.46. The molecule has 128 valence electrons. The Morgan fingerprint density at radius 1 is 1.12 bits per heavy atom. The minimum absolute atomic E-state index is 0.211. The van der Waals surface area contributed by atoms with Gasteiger partial charge in [0.05, 0.1) is 0 Å². The highest BCUT2D eigenvalue weighted by atomic mass is 127. The zero-order chi connectivity index (χ0) is 17.6. The molecule has 0 unspecified atom stereocenters. The van der Waals surface area contributed by atoms with E-state index in [-0.39, 0.29) is 27.0 Å². The molecule has 0 aliphatic rings. The largest absolute Gasteiger partial charge is 0.444 e. The van der Waals surface area contributed by atoms with Crippen LogP contribution in [-0.2, 0) is 11.2 Å². The van der Waals surface area contributed by atoms with Gasteiger partial charge in [0.25, 0.3) is 0 Å². The number of alkyl carbamates (subject to hydrolysis) is 1. The lowest BCUT2D eigenvalue weighted by Gasteiger charge is -2.19. The number of hydrogen-bond donors (Lipinski definition) is 1. The number of carbonyl (C=O) groups is 1. The van der Waals surface area contributed by atoms with Gasteiger partial charge in [-0.05, 0) is 57.5 Å². The number of ether oxygens (including phenoxy) is 1. The third kappa shape index (κ3) is 6.47. The molecule has 5 heteroatoms. The van der Waals surface area contributed by atoms with Gasteiger partial charge in [-0.2, -0.15) is 0 Å². The third-order valence-corrected chi connectivity index (χ3v) is 6.01. The summed E-state index contributed by atoms with van der Waals surface area (Å²) in [7, 11) is 0. The van der Waals surface area contributed by atoms with E-state index < -0.39 is 11.7 Å². The minimum atomic E-state index is -0.490. The van der Waals surface area contributed by atoms with Crippen LogP contribution in [0.2, 0.25) is 0 Å². The predicted octanol–water partition coefficient (Wildman–Crippen LogP) is 1.02. The summed E-state index contributed by atoms with van der Waals surface area (Å²) in [6.45, 7) is 6.05. The molecule has 0 fully saturated rings. The first-order valence-corrected chi connectivity index (χ1v) is 9.94. The van der Waals surface area contributed by atoms with Gasteiger partial charge in [-0.1, -0.05) is 18.2 Å². The molecule has 0 radical (unpaired) electrons. The van der Waals surface area contributed by atoms with E-state index in [1.165, 1.54) is 24.8 Å². The van der Waals surface area contributed by atoms with Crippen LogP contribution in [0.3, 0.4) is 0 Å². The monoisotopic (exact) mass is 442 g/mol. The second-order valence-electron chi connectivity index (χ2n) is 6.30. The van der Waals surface area contributed by atoms with Crippen LogP contribution < -0.4 is 26.5 Å². The molecule has 1 amide bonds. The van der Waals surface area contributed by atoms with E-state index in [0.29, 0.717) is 6.54 Å². The van der Waals surface area contributed by atoms with Gasteiger partial charge in [-0.25, -0.2) is 9.18 Å². The summed E-state index contributed by atoms with van der Waals surface area (Å²) in [5, 5.41) is 2.79. The van der Waals surface area contributed by atoms with Crippen molar-refractivity contribution in [3.63, 3.8) is 0 Å². The molecule has 0 saturated heterocycles. The molecule has 2 aromatic rings. The first kappa shape index (κ1) is 18.7. The molecule has 0 atom stereocenters. The fourth-order valence-electron chi connectivity index (χ4n) is 2.02. The van der Waals surface area contributed by atoms with E-state index in [1.807, 2.05) is 45.0 Å². The number of hydrogen-bond acceptors (Lipinski definition) is 2. The van der Waals surface area contributed by atoms with E-state index in [4.69, 9.17) is 4.74 Å². The zero-order valence-electron chi connectivity index (χ0n) is 14.1. The Morgan fingerprint density at radius 3 is 2.46 bits per heavy atom. The maximum absolute atomic E-state index is 13.0. The Kier molecular flexibility index (Phi) is 6.60. The van der Waals surface area contributed by atoms with Gasteiger partial charge in [0.2, 0.25) is 0 Å². The number of rotatable bonds is 5. The van der Waals surface area contributed by atoms with E-state index >= 15 is 0 Å². The number of carbonyl (C=O) groups excluding carboxylic acids is 1. The number of halogens is 2. The quantitative estimate of drug-likeness (QED) is 0.703. The molecule has 0 aliphatic carbocycles. The first-order valence-electron chi connectivity index (χ1n) is 7.79. The van der Waals surface area contributed by atoms with Gasteiger partial charge >= 0.3 is 27.3 Å². The first-order chi connectivity index (χ1) is 11.3. The van der Waals surface area contributed by atoms with E-state index in [1.54, 1.807) is 0 Å². The molecule has 2 rings (SSSR count). The zero-order valence-corrected chi connectivity index (χ0v) is 16.3. The van der Waals surface area contributed by atoms with E-state index in [9.17, 15) is 9.18 Å². The highest BCUT2D eigenvalue weighted by molar-refractivity contribution is 5.67. The van der Waals surface area contributed by atoms with Crippen molar-refractivity contribution in [3.8, 4) is 0 Å². The fourth-order valence-corrected chi connectivity index (χ4v) is 4.59. The van der Waals surface area contributed by atoms with Crippen molar-refractivity contribution in [2.75, 3.05) is 6.54 Å². The molecule has 24 heavy (non-hydrogen) atoms. The van der Waals surface area contributed by atoms with Crippen molar-refractivity contribution < 1.29 is 35.1 Å². The molecule has 1 N–H and O–H groups in total.